The summed E-state index contributed by atoms with van der Waals surface area (Å²) in [6.07, 6.45) is 46.5. The Bertz CT molecular complexity index is 1300. The second-order valence-electron chi connectivity index (χ2n) is 15.9. The number of hydrogen-bond donors (Lipinski definition) is 1. The van der Waals surface area contributed by atoms with Crippen LogP contribution in [-0.4, -0.2) is 81.2 Å². The molecule has 11 heteroatoms. The molecule has 1 N–H and O–H groups in total. The Morgan fingerprint density at radius 3 is 1.80 bits per heavy atom. The van der Waals surface area contributed by atoms with E-state index in [1.54, 1.807) is 6.08 Å². The molecule has 0 rings (SSSR count). The number of hydrogen-bond acceptors (Lipinski definition) is 9. The van der Waals surface area contributed by atoms with Gasteiger partial charge in [-0.2, -0.15) is 0 Å². The van der Waals surface area contributed by atoms with E-state index in [2.05, 4.69) is 68.5 Å². The van der Waals surface area contributed by atoms with Crippen LogP contribution < -0.4 is 4.89 Å². The minimum absolute atomic E-state index is 0.0548. The minimum atomic E-state index is -4.66. The van der Waals surface area contributed by atoms with Crippen LogP contribution in [0.1, 0.15) is 149 Å². The number of aliphatic hydroxyl groups is 1. The topological polar surface area (TPSA) is 131 Å². The smallest absolute Gasteiger partial charge is 0.306 e. The number of rotatable bonds is 39. The molecule has 338 valence electrons. The average Bonchev–Trinajstić information content (AvgIpc) is 3.18. The zero-order chi connectivity index (χ0) is 43.7. The summed E-state index contributed by atoms with van der Waals surface area (Å²) < 4.78 is 33.8. The van der Waals surface area contributed by atoms with Crippen molar-refractivity contribution >= 4 is 19.8 Å². The van der Waals surface area contributed by atoms with Crippen LogP contribution in [-0.2, 0) is 32.7 Å². The molecule has 0 saturated carbocycles. The second-order valence-corrected chi connectivity index (χ2v) is 17.3. The summed E-state index contributed by atoms with van der Waals surface area (Å²) >= 11 is 0. The van der Waals surface area contributed by atoms with Crippen molar-refractivity contribution < 1.29 is 47.2 Å². The van der Waals surface area contributed by atoms with Gasteiger partial charge in [0, 0.05) is 12.8 Å². The number of carbonyl (C=O) groups excluding carboxylic acids is 2. The summed E-state index contributed by atoms with van der Waals surface area (Å²) in [7, 11) is 1.08. The first-order valence-electron chi connectivity index (χ1n) is 22.4. The van der Waals surface area contributed by atoms with E-state index >= 15 is 0 Å². The molecular weight excluding hydrogens is 766 g/mol. The van der Waals surface area contributed by atoms with Crippen LogP contribution >= 0.6 is 7.82 Å². The van der Waals surface area contributed by atoms with Crippen molar-refractivity contribution in [2.45, 2.75) is 161 Å². The van der Waals surface area contributed by atoms with Crippen LogP contribution in [0.3, 0.4) is 0 Å². The summed E-state index contributed by atoms with van der Waals surface area (Å²) in [5, 5.41) is 9.89. The first kappa shape index (κ1) is 56.1. The van der Waals surface area contributed by atoms with Gasteiger partial charge in [-0.25, -0.2) is 0 Å². The van der Waals surface area contributed by atoms with Crippen molar-refractivity contribution in [1.82, 2.24) is 0 Å². The van der Waals surface area contributed by atoms with Gasteiger partial charge in [-0.1, -0.05) is 137 Å². The minimum Gasteiger partial charge on any atom is -0.756 e. The maximum atomic E-state index is 12.7. The van der Waals surface area contributed by atoms with Crippen molar-refractivity contribution in [2.75, 3.05) is 47.5 Å². The van der Waals surface area contributed by atoms with E-state index in [9.17, 15) is 24.2 Å². The molecule has 3 atom stereocenters. The maximum Gasteiger partial charge on any atom is 0.306 e. The van der Waals surface area contributed by atoms with Gasteiger partial charge in [-0.15, -0.1) is 0 Å². The lowest BCUT2D eigenvalue weighted by molar-refractivity contribution is -0.870. The standard InChI is InChI=1S/C48H82NO9P/c1-6-8-10-11-12-13-14-15-16-17-18-19-20-21-22-25-28-31-35-39-47(51)55-43-46(44-57-59(53,54)56-42-41-49(3,4)5)58-48(52)40-36-32-29-26-23-24-27-30-34-38-45(50)37-33-9-7-2/h9,12-13,15-16,18-19,21-22,27,30,33-34,38,45-46,50H,6-8,10-11,14,17,20,23-26,28-29,31-32,35-37,39-44H2,1-5H3/b13-12-,16-15-,19-18-,22-21-,30-27+,33-9+,38-34+/t45?,46-/m1/s1. The molecule has 0 bridgehead atoms. The lowest BCUT2D eigenvalue weighted by Crippen LogP contribution is -2.37. The van der Waals surface area contributed by atoms with Gasteiger partial charge < -0.3 is 33.0 Å². The number of unbranched alkanes of at least 4 members (excludes halogenated alkanes) is 11. The fourth-order valence-corrected chi connectivity index (χ4v) is 6.17. The Morgan fingerprint density at radius 2 is 1.19 bits per heavy atom. The third-order valence-electron chi connectivity index (χ3n) is 8.98. The molecule has 0 aliphatic carbocycles. The van der Waals surface area contributed by atoms with Crippen LogP contribution in [0.5, 0.6) is 0 Å². The van der Waals surface area contributed by atoms with Crippen molar-refractivity contribution in [2.24, 2.45) is 0 Å². The van der Waals surface area contributed by atoms with Gasteiger partial charge >= 0.3 is 11.9 Å². The van der Waals surface area contributed by atoms with Crippen LogP contribution in [0.4, 0.5) is 0 Å². The molecule has 0 aliphatic rings. The highest BCUT2D eigenvalue weighted by Crippen LogP contribution is 2.38. The summed E-state index contributed by atoms with van der Waals surface area (Å²) in [6, 6.07) is 0. The lowest BCUT2D eigenvalue weighted by atomic mass is 10.1. The molecule has 2 unspecified atom stereocenters. The Kier molecular flexibility index (Phi) is 37.4. The van der Waals surface area contributed by atoms with Crippen molar-refractivity contribution in [3.63, 3.8) is 0 Å². The summed E-state index contributed by atoms with van der Waals surface area (Å²) in [6.45, 7) is 3.88. The average molecular weight is 848 g/mol. The molecule has 0 spiro atoms. The van der Waals surface area contributed by atoms with Crippen LogP contribution in [0.15, 0.2) is 85.1 Å². The molecule has 0 fully saturated rings. The summed E-state index contributed by atoms with van der Waals surface area (Å²) in [4.78, 5) is 37.6. The Hall–Kier alpha value is -2.85. The number of aliphatic hydroxyl groups excluding tert-OH is 1. The van der Waals surface area contributed by atoms with E-state index in [0.717, 1.165) is 77.0 Å². The number of allylic oxidation sites excluding steroid dienone is 12. The van der Waals surface area contributed by atoms with Crippen molar-refractivity contribution in [1.29, 1.82) is 0 Å². The molecule has 10 nitrogen and oxygen atoms in total. The predicted octanol–water partition coefficient (Wildman–Crippen LogP) is 11.1. The van der Waals surface area contributed by atoms with Gasteiger partial charge in [-0.05, 0) is 83.5 Å². The molecule has 0 aliphatic heterocycles. The number of ether oxygens (including phenoxy) is 2. The maximum absolute atomic E-state index is 12.7. The van der Waals surface area contributed by atoms with Gasteiger partial charge in [0.05, 0.1) is 33.9 Å². The molecule has 0 amide bonds. The monoisotopic (exact) mass is 848 g/mol. The van der Waals surface area contributed by atoms with E-state index in [4.69, 9.17) is 18.5 Å². The lowest BCUT2D eigenvalue weighted by Gasteiger charge is -2.28. The fraction of sp³-hybridized carbons (Fsp3) is 0.667. The SMILES string of the molecule is CC/C=C/CC(O)/C=C/C=C/CCCCCCCC(=O)O[C@H](COC(=O)CCCCC/C=C\C/C=C\C/C=C\C/C=C\CCCCC)COP(=O)([O-])OCC[N+](C)(C)C. The number of carbonyl (C=O) groups is 2. The fourth-order valence-electron chi connectivity index (χ4n) is 5.44. The second kappa shape index (κ2) is 39.3. The molecule has 59 heavy (non-hydrogen) atoms. The number of likely N-dealkylation sites (N-methyl/N-ethyl adjacent to an activating group) is 1. The van der Waals surface area contributed by atoms with Gasteiger partial charge in [0.2, 0.25) is 0 Å². The number of phosphoric ester groups is 1. The van der Waals surface area contributed by atoms with Crippen LogP contribution in [0.2, 0.25) is 0 Å². The van der Waals surface area contributed by atoms with Crippen molar-refractivity contribution in [3.05, 3.63) is 85.1 Å². The highest BCUT2D eigenvalue weighted by molar-refractivity contribution is 7.45. The normalized spacial score (nSPS) is 14.9. The summed E-state index contributed by atoms with van der Waals surface area (Å²) in [5.41, 5.74) is 0. The van der Waals surface area contributed by atoms with E-state index in [0.29, 0.717) is 30.3 Å². The molecule has 0 aromatic rings. The van der Waals surface area contributed by atoms with Gasteiger partial charge in [0.15, 0.2) is 6.10 Å². The van der Waals surface area contributed by atoms with E-state index in [1.165, 1.54) is 25.7 Å². The number of esters is 2. The zero-order valence-corrected chi connectivity index (χ0v) is 38.4. The molecule has 0 heterocycles. The van der Waals surface area contributed by atoms with Crippen LogP contribution in [0.25, 0.3) is 0 Å². The Morgan fingerprint density at radius 1 is 0.644 bits per heavy atom. The molecule has 0 saturated heterocycles. The van der Waals surface area contributed by atoms with Crippen LogP contribution in [0, 0.1) is 0 Å². The third-order valence-corrected chi connectivity index (χ3v) is 9.94. The third kappa shape index (κ3) is 43.1. The Balaban J connectivity index is 4.49. The van der Waals surface area contributed by atoms with Crippen molar-refractivity contribution in [3.8, 4) is 0 Å². The largest absolute Gasteiger partial charge is 0.756 e. The quantitative estimate of drug-likeness (QED) is 0.0160. The molecule has 0 radical (unpaired) electrons. The zero-order valence-electron chi connectivity index (χ0n) is 37.5. The highest BCUT2D eigenvalue weighted by Gasteiger charge is 2.21. The number of phosphoric acid groups is 1. The van der Waals surface area contributed by atoms with Gasteiger partial charge in [-0.3, -0.25) is 14.2 Å². The predicted molar refractivity (Wildman–Crippen MR) is 242 cm³/mol. The number of nitrogens with zero attached hydrogens (tertiary/aromatic N) is 1. The van der Waals surface area contributed by atoms with E-state index < -0.39 is 38.6 Å². The highest BCUT2D eigenvalue weighted by atomic mass is 31.2. The summed E-state index contributed by atoms with van der Waals surface area (Å²) in [5.74, 6) is -0.933. The number of quaternary nitrogens is 1. The van der Waals surface area contributed by atoms with Gasteiger partial charge in [0.1, 0.15) is 19.8 Å². The van der Waals surface area contributed by atoms with E-state index in [1.807, 2.05) is 45.4 Å². The van der Waals surface area contributed by atoms with Gasteiger partial charge in [0.25, 0.3) is 7.82 Å². The molecular formula is C48H82NO9P. The first-order chi connectivity index (χ1) is 28.4. The molecule has 0 aromatic carbocycles. The van der Waals surface area contributed by atoms with E-state index in [-0.39, 0.29) is 26.1 Å². The Labute approximate surface area is 359 Å². The molecule has 0 aromatic heterocycles. The first-order valence-corrected chi connectivity index (χ1v) is 23.9.